The minimum Gasteiger partial charge on any atom is -0.456 e. The van der Waals surface area contributed by atoms with Gasteiger partial charge in [-0.2, -0.15) is 0 Å². The minimum absolute atomic E-state index is 0.167. The van der Waals surface area contributed by atoms with E-state index < -0.39 is 5.97 Å². The molecule has 31 heavy (non-hydrogen) atoms. The number of rotatable bonds is 8. The first-order valence-electron chi connectivity index (χ1n) is 10.5. The number of esters is 1. The van der Waals surface area contributed by atoms with Crippen LogP contribution in [0.2, 0.25) is 0 Å². The fraction of sp³-hybridized carbons (Fsp3) is 0.320. The van der Waals surface area contributed by atoms with Gasteiger partial charge in [0.15, 0.2) is 6.61 Å². The molecule has 1 N–H and O–H groups in total. The van der Waals surface area contributed by atoms with E-state index in [4.69, 9.17) is 4.74 Å². The number of amides is 1. The summed E-state index contributed by atoms with van der Waals surface area (Å²) in [4.78, 5) is 36.8. The maximum atomic E-state index is 12.5. The van der Waals surface area contributed by atoms with Gasteiger partial charge < -0.3 is 14.6 Å². The van der Waals surface area contributed by atoms with Gasteiger partial charge in [-0.1, -0.05) is 42.5 Å². The van der Waals surface area contributed by atoms with Crippen LogP contribution in [0.3, 0.4) is 0 Å². The van der Waals surface area contributed by atoms with E-state index in [2.05, 4.69) is 9.88 Å². The molecular weight excluding hydrogens is 392 g/mol. The van der Waals surface area contributed by atoms with Crippen molar-refractivity contribution >= 4 is 28.4 Å². The molecule has 1 aromatic heterocycles. The fourth-order valence-electron chi connectivity index (χ4n) is 4.08. The number of nitrogens with zero attached hydrogens (tertiary/aromatic N) is 1. The summed E-state index contributed by atoms with van der Waals surface area (Å²) >= 11 is 0. The number of carbonyl (C=O) groups excluding carboxylic acids is 3. The maximum absolute atomic E-state index is 12.5. The average Bonchev–Trinajstić information content (AvgIpc) is 3.55. The van der Waals surface area contributed by atoms with Crippen molar-refractivity contribution in [3.8, 4) is 0 Å². The van der Waals surface area contributed by atoms with Crippen LogP contribution in [-0.4, -0.2) is 35.4 Å². The highest BCUT2D eigenvalue weighted by molar-refractivity contribution is 5.99. The van der Waals surface area contributed by atoms with E-state index in [1.165, 1.54) is 0 Å². The number of aromatic nitrogens is 1. The quantitative estimate of drug-likeness (QED) is 0.447. The number of aryl methyl sites for hydroxylation is 1. The molecule has 0 bridgehead atoms. The number of ketones is 1. The Hall–Kier alpha value is -3.41. The van der Waals surface area contributed by atoms with Gasteiger partial charge in [0.1, 0.15) is 6.54 Å². The molecule has 0 atom stereocenters. The summed E-state index contributed by atoms with van der Waals surface area (Å²) in [6.07, 6.45) is 2.44. The first kappa shape index (κ1) is 20.8. The predicted molar refractivity (Wildman–Crippen MR) is 118 cm³/mol. The van der Waals surface area contributed by atoms with Crippen LogP contribution in [-0.2, 0) is 20.7 Å². The van der Waals surface area contributed by atoms with E-state index in [1.54, 1.807) is 0 Å². The van der Waals surface area contributed by atoms with Crippen molar-refractivity contribution < 1.29 is 19.1 Å². The number of ether oxygens (including phenoxy) is 1. The number of hydrogen-bond donors (Lipinski definition) is 1. The molecule has 1 aliphatic rings. The van der Waals surface area contributed by atoms with E-state index in [0.29, 0.717) is 11.6 Å². The lowest BCUT2D eigenvalue weighted by Gasteiger charge is -2.09. The summed E-state index contributed by atoms with van der Waals surface area (Å²) in [5.74, 6) is -1.13. The average molecular weight is 418 g/mol. The molecule has 6 heteroatoms. The standard InChI is InChI=1S/C25H26N2O4/c1-16-12-22(17(2)27(16)20-10-11-20)23(28)15-31-25(30)14-26-24(29)13-19-8-5-7-18-6-3-4-9-21(18)19/h3-9,12,20H,10-11,13-15H2,1-2H3,(H,26,29). The maximum Gasteiger partial charge on any atom is 0.325 e. The molecule has 0 saturated heterocycles. The Morgan fingerprint density at radius 2 is 1.81 bits per heavy atom. The summed E-state index contributed by atoms with van der Waals surface area (Å²) < 4.78 is 7.28. The third-order valence-corrected chi connectivity index (χ3v) is 5.72. The van der Waals surface area contributed by atoms with Gasteiger partial charge in [-0.25, -0.2) is 0 Å². The normalized spacial score (nSPS) is 13.2. The van der Waals surface area contributed by atoms with Gasteiger partial charge in [-0.3, -0.25) is 14.4 Å². The van der Waals surface area contributed by atoms with Crippen molar-refractivity contribution in [3.63, 3.8) is 0 Å². The number of fused-ring (bicyclic) bond motifs is 1. The lowest BCUT2D eigenvalue weighted by molar-refractivity contribution is -0.142. The molecule has 1 saturated carbocycles. The van der Waals surface area contributed by atoms with Crippen LogP contribution in [0.5, 0.6) is 0 Å². The first-order valence-corrected chi connectivity index (χ1v) is 10.5. The van der Waals surface area contributed by atoms with Crippen LogP contribution in [0.1, 0.15) is 46.2 Å². The number of benzene rings is 2. The van der Waals surface area contributed by atoms with Gasteiger partial charge in [-0.05, 0) is 49.1 Å². The van der Waals surface area contributed by atoms with Crippen molar-refractivity contribution in [3.05, 3.63) is 71.0 Å². The van der Waals surface area contributed by atoms with Crippen LogP contribution >= 0.6 is 0 Å². The molecule has 3 aromatic rings. The zero-order valence-electron chi connectivity index (χ0n) is 17.8. The molecule has 4 rings (SSSR count). The van der Waals surface area contributed by atoms with Gasteiger partial charge in [0.2, 0.25) is 11.7 Å². The van der Waals surface area contributed by atoms with E-state index in [-0.39, 0.29) is 31.3 Å². The van der Waals surface area contributed by atoms with Crippen molar-refractivity contribution in [1.29, 1.82) is 0 Å². The zero-order valence-corrected chi connectivity index (χ0v) is 17.8. The predicted octanol–water partition coefficient (Wildman–Crippen LogP) is 3.68. The zero-order chi connectivity index (χ0) is 22.0. The highest BCUT2D eigenvalue weighted by atomic mass is 16.5. The van der Waals surface area contributed by atoms with Crippen LogP contribution in [0, 0.1) is 13.8 Å². The van der Waals surface area contributed by atoms with Gasteiger partial charge in [0, 0.05) is 23.0 Å². The number of carbonyl (C=O) groups is 3. The largest absolute Gasteiger partial charge is 0.456 e. The molecule has 1 aliphatic carbocycles. The summed E-state index contributed by atoms with van der Waals surface area (Å²) in [6.45, 7) is 3.32. The Kier molecular flexibility index (Phi) is 5.89. The van der Waals surface area contributed by atoms with Crippen LogP contribution in [0.25, 0.3) is 10.8 Å². The number of nitrogens with one attached hydrogen (secondary N) is 1. The summed E-state index contributed by atoms with van der Waals surface area (Å²) in [6, 6.07) is 16.0. The molecule has 2 aromatic carbocycles. The molecule has 0 aliphatic heterocycles. The highest BCUT2D eigenvalue weighted by Crippen LogP contribution is 2.38. The second-order valence-electron chi connectivity index (χ2n) is 8.06. The lowest BCUT2D eigenvalue weighted by Crippen LogP contribution is -2.32. The second-order valence-corrected chi connectivity index (χ2v) is 8.06. The van der Waals surface area contributed by atoms with Crippen LogP contribution in [0.15, 0.2) is 48.5 Å². The number of hydrogen-bond acceptors (Lipinski definition) is 4. The van der Waals surface area contributed by atoms with Gasteiger partial charge in [-0.15, -0.1) is 0 Å². The summed E-state index contributed by atoms with van der Waals surface area (Å²) in [7, 11) is 0. The van der Waals surface area contributed by atoms with Crippen LogP contribution < -0.4 is 5.32 Å². The van der Waals surface area contributed by atoms with Crippen molar-refractivity contribution in [2.75, 3.05) is 13.2 Å². The minimum atomic E-state index is -0.629. The molecule has 0 unspecified atom stereocenters. The molecule has 160 valence electrons. The van der Waals surface area contributed by atoms with E-state index in [0.717, 1.165) is 40.6 Å². The fourth-order valence-corrected chi connectivity index (χ4v) is 4.08. The molecule has 1 fully saturated rings. The lowest BCUT2D eigenvalue weighted by atomic mass is 10.0. The third-order valence-electron chi connectivity index (χ3n) is 5.72. The molecule has 0 spiro atoms. The number of Topliss-reactive ketones (excluding diaryl/α,β-unsaturated/α-hetero) is 1. The van der Waals surface area contributed by atoms with Crippen LogP contribution in [0.4, 0.5) is 0 Å². The Labute approximate surface area is 181 Å². The van der Waals surface area contributed by atoms with E-state index >= 15 is 0 Å². The SMILES string of the molecule is Cc1cc(C(=O)COC(=O)CNC(=O)Cc2cccc3ccccc23)c(C)n1C1CC1. The second kappa shape index (κ2) is 8.76. The molecule has 1 heterocycles. The van der Waals surface area contributed by atoms with Gasteiger partial charge in [0.05, 0.1) is 6.42 Å². The Balaban J connectivity index is 1.27. The molecular formula is C25H26N2O4. The molecule has 6 nitrogen and oxygen atoms in total. The van der Waals surface area contributed by atoms with E-state index in [1.807, 2.05) is 62.4 Å². The van der Waals surface area contributed by atoms with Crippen molar-refractivity contribution in [2.24, 2.45) is 0 Å². The van der Waals surface area contributed by atoms with Gasteiger partial charge in [0.25, 0.3) is 0 Å². The highest BCUT2D eigenvalue weighted by Gasteiger charge is 2.28. The Bertz CT molecular complexity index is 1150. The third kappa shape index (κ3) is 4.68. The Morgan fingerprint density at radius 1 is 1.06 bits per heavy atom. The van der Waals surface area contributed by atoms with Crippen molar-refractivity contribution in [2.45, 2.75) is 39.2 Å². The van der Waals surface area contributed by atoms with Crippen molar-refractivity contribution in [1.82, 2.24) is 9.88 Å². The Morgan fingerprint density at radius 3 is 2.58 bits per heavy atom. The first-order chi connectivity index (χ1) is 14.9. The summed E-state index contributed by atoms with van der Waals surface area (Å²) in [5.41, 5.74) is 3.46. The molecule has 0 radical (unpaired) electrons. The van der Waals surface area contributed by atoms with E-state index in [9.17, 15) is 14.4 Å². The molecule has 1 amide bonds. The monoisotopic (exact) mass is 418 g/mol. The smallest absolute Gasteiger partial charge is 0.325 e. The van der Waals surface area contributed by atoms with Gasteiger partial charge >= 0.3 is 5.97 Å². The summed E-state index contributed by atoms with van der Waals surface area (Å²) in [5, 5.41) is 4.65. The topological polar surface area (TPSA) is 77.4 Å².